The van der Waals surface area contributed by atoms with Crippen molar-refractivity contribution < 1.29 is 32.6 Å². The Morgan fingerprint density at radius 1 is 0.845 bits per heavy atom. The summed E-state index contributed by atoms with van der Waals surface area (Å²) in [7, 11) is 0. The van der Waals surface area contributed by atoms with Crippen LogP contribution in [0, 0.1) is 0 Å². The van der Waals surface area contributed by atoms with Crippen LogP contribution in [0.15, 0.2) is 85.5 Å². The predicted molar refractivity (Wildman–Crippen MR) is 216 cm³/mol. The number of aryl methyl sites for hydroxylation is 1. The van der Waals surface area contributed by atoms with Gasteiger partial charge in [-0.05, 0) is 87.5 Å². The largest absolute Gasteiger partial charge is 0.486 e. The van der Waals surface area contributed by atoms with Gasteiger partial charge >= 0.3 is 5.92 Å². The average Bonchev–Trinajstić information content (AvgIpc) is 3.72. The molecule has 12 nitrogen and oxygen atoms in total. The van der Waals surface area contributed by atoms with Crippen LogP contribution in [0.3, 0.4) is 0 Å². The van der Waals surface area contributed by atoms with Gasteiger partial charge in [-0.3, -0.25) is 29.3 Å². The molecule has 302 valence electrons. The van der Waals surface area contributed by atoms with E-state index in [0.29, 0.717) is 18.5 Å². The zero-order valence-corrected chi connectivity index (χ0v) is 32.4. The van der Waals surface area contributed by atoms with Gasteiger partial charge in [0.2, 0.25) is 5.91 Å². The number of aromatic nitrogens is 3. The minimum atomic E-state index is -3.32. The Hall–Kier alpha value is -5.57. The van der Waals surface area contributed by atoms with Gasteiger partial charge in [0.25, 0.3) is 11.8 Å². The molecule has 3 amide bonds. The summed E-state index contributed by atoms with van der Waals surface area (Å²) in [5.41, 5.74) is 5.89. The normalized spacial score (nSPS) is 18.0. The molecule has 0 radical (unpaired) electrons. The summed E-state index contributed by atoms with van der Waals surface area (Å²) in [6.45, 7) is 7.91. The molecule has 14 heteroatoms. The van der Waals surface area contributed by atoms with Crippen molar-refractivity contribution in [3.05, 3.63) is 102 Å². The van der Waals surface area contributed by atoms with Crippen LogP contribution >= 0.6 is 0 Å². The van der Waals surface area contributed by atoms with E-state index >= 15 is 0 Å². The third-order valence-corrected chi connectivity index (χ3v) is 11.2. The second-order valence-corrected chi connectivity index (χ2v) is 15.3. The van der Waals surface area contributed by atoms with Crippen molar-refractivity contribution in [2.24, 2.45) is 0 Å². The number of nitrogens with zero attached hydrogens (tertiary/aromatic N) is 5. The van der Waals surface area contributed by atoms with Gasteiger partial charge in [-0.25, -0.2) is 8.78 Å². The Kier molecular flexibility index (Phi) is 11.6. The molecule has 8 rings (SSSR count). The van der Waals surface area contributed by atoms with Crippen LogP contribution in [-0.2, 0) is 16.0 Å². The number of nitrogens with one attached hydrogen (secondary N) is 2. The molecule has 2 fully saturated rings. The van der Waals surface area contributed by atoms with Crippen LogP contribution in [0.1, 0.15) is 58.5 Å². The number of carbonyl (C=O) groups excluding carboxylic acids is 3. The number of amides is 3. The van der Waals surface area contributed by atoms with E-state index in [2.05, 4.69) is 62.0 Å². The molecule has 0 saturated carbocycles. The van der Waals surface area contributed by atoms with E-state index in [1.54, 1.807) is 6.20 Å². The fourth-order valence-corrected chi connectivity index (χ4v) is 8.06. The maximum Gasteiger partial charge on any atom is 0.304 e. The molecule has 0 aliphatic carbocycles. The van der Waals surface area contributed by atoms with Crippen LogP contribution < -0.4 is 10.1 Å². The van der Waals surface area contributed by atoms with Crippen molar-refractivity contribution in [3.8, 4) is 16.9 Å². The average molecular weight is 792 g/mol. The molecule has 2 saturated heterocycles. The first-order valence-corrected chi connectivity index (χ1v) is 20.0. The molecular formula is C44H47F2N7O5. The molecule has 3 aliphatic rings. The SMILES string of the molecule is C=C1CCC(N2C(=O)c3cccc(OCC(F)(F)COCCCCN4CCN(CCCc5ccc(-c6ccc7c(c6)[nH]c6ccncc67)cn5)CC4)c3C2=O)C(=O)N1. The molecule has 1 unspecified atom stereocenters. The summed E-state index contributed by atoms with van der Waals surface area (Å²) >= 11 is 0. The zero-order chi connectivity index (χ0) is 40.2. The number of aromatic amines is 1. The highest BCUT2D eigenvalue weighted by molar-refractivity contribution is 6.24. The molecule has 1 atom stereocenters. The van der Waals surface area contributed by atoms with Gasteiger partial charge in [0.05, 0.1) is 11.1 Å². The number of halogens is 2. The maximum atomic E-state index is 14.8. The number of pyridine rings is 2. The zero-order valence-electron chi connectivity index (χ0n) is 32.4. The topological polar surface area (TPSA) is 133 Å². The van der Waals surface area contributed by atoms with E-state index in [1.807, 2.05) is 18.5 Å². The third kappa shape index (κ3) is 8.64. The highest BCUT2D eigenvalue weighted by atomic mass is 19.3. The summed E-state index contributed by atoms with van der Waals surface area (Å²) < 4.78 is 40.3. The number of unbranched alkanes of at least 4 members (excludes halogenated alkanes) is 1. The fraction of sp³-hybridized carbons (Fsp3) is 0.386. The van der Waals surface area contributed by atoms with Crippen LogP contribution in [-0.4, -0.2) is 118 Å². The van der Waals surface area contributed by atoms with E-state index in [4.69, 9.17) is 14.5 Å². The summed E-state index contributed by atoms with van der Waals surface area (Å²) in [4.78, 5) is 57.1. The number of alkyl halides is 2. The van der Waals surface area contributed by atoms with Gasteiger partial charge in [0, 0.05) is 90.1 Å². The number of allylic oxidation sites excluding steroid dienone is 1. The quantitative estimate of drug-likeness (QED) is 0.0883. The van der Waals surface area contributed by atoms with E-state index < -0.39 is 42.9 Å². The molecule has 0 bridgehead atoms. The molecule has 2 N–H and O–H groups in total. The molecule has 0 spiro atoms. The Morgan fingerprint density at radius 2 is 1.64 bits per heavy atom. The highest BCUT2D eigenvalue weighted by Gasteiger charge is 2.45. The number of hydrogen-bond acceptors (Lipinski definition) is 9. The fourth-order valence-electron chi connectivity index (χ4n) is 8.06. The van der Waals surface area contributed by atoms with Crippen LogP contribution in [0.5, 0.6) is 5.75 Å². The number of ether oxygens (including phenoxy) is 2. The second-order valence-electron chi connectivity index (χ2n) is 15.3. The number of imide groups is 1. The number of carbonyl (C=O) groups is 3. The number of benzene rings is 2. The van der Waals surface area contributed by atoms with E-state index in [9.17, 15) is 23.2 Å². The number of hydrogen-bond donors (Lipinski definition) is 2. The molecule has 3 aliphatic heterocycles. The Labute approximate surface area is 335 Å². The number of piperazine rings is 1. The van der Waals surface area contributed by atoms with Crippen LogP contribution in [0.4, 0.5) is 8.78 Å². The third-order valence-electron chi connectivity index (χ3n) is 11.2. The van der Waals surface area contributed by atoms with Gasteiger partial charge in [0.15, 0.2) is 6.61 Å². The van der Waals surface area contributed by atoms with Gasteiger partial charge in [-0.15, -0.1) is 0 Å². The van der Waals surface area contributed by atoms with Crippen LogP contribution in [0.25, 0.3) is 32.9 Å². The molecule has 3 aromatic heterocycles. The first-order valence-electron chi connectivity index (χ1n) is 20.0. The number of fused-ring (bicyclic) bond motifs is 4. The van der Waals surface area contributed by atoms with E-state index in [1.165, 1.54) is 18.2 Å². The molecule has 5 aromatic rings. The standard InChI is InChI=1S/C44H47F2N7O5/c1-29-9-14-38(41(54)49-29)53-42(55)34-7-4-8-39(40(34)43(53)56)58-28-44(45,46)27-57-23-3-2-17-51-19-21-52(22-20-51)18-5-6-32-12-10-31(25-48-32)30-11-13-33-35-26-47-16-15-36(35)50-37(33)24-30/h4,7-8,10-13,15-16,24-26,38,50H,1-3,5-6,9,14,17-23,27-28H2,(H,49,54). The lowest BCUT2D eigenvalue weighted by molar-refractivity contribution is -0.125. The monoisotopic (exact) mass is 791 g/mol. The minimum Gasteiger partial charge on any atom is -0.486 e. The smallest absolute Gasteiger partial charge is 0.304 e. The van der Waals surface area contributed by atoms with Crippen molar-refractivity contribution in [3.63, 3.8) is 0 Å². The number of H-pyrrole nitrogens is 1. The van der Waals surface area contributed by atoms with Gasteiger partial charge in [-0.1, -0.05) is 30.8 Å². The van der Waals surface area contributed by atoms with Crippen molar-refractivity contribution >= 4 is 39.5 Å². The van der Waals surface area contributed by atoms with E-state index in [-0.39, 0.29) is 29.9 Å². The Morgan fingerprint density at radius 3 is 2.41 bits per heavy atom. The van der Waals surface area contributed by atoms with Gasteiger partial charge in [0.1, 0.15) is 18.4 Å². The van der Waals surface area contributed by atoms with E-state index in [0.717, 1.165) is 102 Å². The predicted octanol–water partition coefficient (Wildman–Crippen LogP) is 6.23. The first-order chi connectivity index (χ1) is 28.1. The lowest BCUT2D eigenvalue weighted by Crippen LogP contribution is -2.51. The first kappa shape index (κ1) is 39.3. The second kappa shape index (κ2) is 17.1. The van der Waals surface area contributed by atoms with Crippen LogP contribution in [0.2, 0.25) is 0 Å². The van der Waals surface area contributed by atoms with Crippen molar-refractivity contribution in [1.82, 2.24) is 35.0 Å². The molecule has 6 heterocycles. The number of rotatable bonds is 16. The lowest BCUT2D eigenvalue weighted by Gasteiger charge is -2.34. The van der Waals surface area contributed by atoms with Crippen molar-refractivity contribution in [1.29, 1.82) is 0 Å². The number of piperidine rings is 1. The molecule has 58 heavy (non-hydrogen) atoms. The Balaban J connectivity index is 0.697. The summed E-state index contributed by atoms with van der Waals surface area (Å²) in [6, 6.07) is 16.0. The summed E-state index contributed by atoms with van der Waals surface area (Å²) in [5.74, 6) is -5.35. The maximum absolute atomic E-state index is 14.8. The molecular weight excluding hydrogens is 745 g/mol. The van der Waals surface area contributed by atoms with Crippen molar-refractivity contribution in [2.45, 2.75) is 50.5 Å². The van der Waals surface area contributed by atoms with Crippen molar-refractivity contribution in [2.75, 3.05) is 59.1 Å². The van der Waals surface area contributed by atoms with Gasteiger partial charge < -0.3 is 29.6 Å². The minimum absolute atomic E-state index is 0.0196. The van der Waals surface area contributed by atoms with Gasteiger partial charge in [-0.2, -0.15) is 0 Å². The summed E-state index contributed by atoms with van der Waals surface area (Å²) in [6.07, 6.45) is 9.76. The highest BCUT2D eigenvalue weighted by Crippen LogP contribution is 2.35. The molecule has 2 aromatic carbocycles. The Bertz CT molecular complexity index is 2320. The lowest BCUT2D eigenvalue weighted by atomic mass is 10.0. The summed E-state index contributed by atoms with van der Waals surface area (Å²) in [5, 5.41) is 4.86.